The zero-order valence-electron chi connectivity index (χ0n) is 12.7. The fourth-order valence-corrected chi connectivity index (χ4v) is 2.38. The lowest BCUT2D eigenvalue weighted by molar-refractivity contribution is -0.133. The number of hydrogen-bond donors (Lipinski definition) is 1. The van der Waals surface area contributed by atoms with Gasteiger partial charge in [0.1, 0.15) is 5.75 Å². The van der Waals surface area contributed by atoms with Crippen LogP contribution in [-0.4, -0.2) is 55.1 Å². The monoisotopic (exact) mass is 311 g/mol. The SMILES string of the molecule is Cc1cc(Cl)ccc1O[C@H](C)C(=O)NN1CCN(C)CC1. The van der Waals surface area contributed by atoms with Gasteiger partial charge in [0.15, 0.2) is 6.10 Å². The number of piperazine rings is 1. The smallest absolute Gasteiger partial charge is 0.275 e. The summed E-state index contributed by atoms with van der Waals surface area (Å²) in [7, 11) is 2.08. The van der Waals surface area contributed by atoms with Crippen molar-refractivity contribution in [3.63, 3.8) is 0 Å². The second-order valence-corrected chi connectivity index (χ2v) is 5.87. The number of amides is 1. The van der Waals surface area contributed by atoms with Gasteiger partial charge < -0.3 is 9.64 Å². The van der Waals surface area contributed by atoms with E-state index in [-0.39, 0.29) is 5.91 Å². The minimum absolute atomic E-state index is 0.131. The summed E-state index contributed by atoms with van der Waals surface area (Å²) >= 11 is 5.91. The number of carbonyl (C=O) groups is 1. The number of benzene rings is 1. The molecule has 1 aromatic rings. The molecule has 6 heteroatoms. The number of halogens is 1. The number of rotatable bonds is 4. The molecule has 0 bridgehead atoms. The van der Waals surface area contributed by atoms with E-state index in [9.17, 15) is 4.79 Å². The lowest BCUT2D eigenvalue weighted by Gasteiger charge is -2.33. The number of nitrogens with one attached hydrogen (secondary N) is 1. The van der Waals surface area contributed by atoms with Gasteiger partial charge in [-0.25, -0.2) is 5.01 Å². The van der Waals surface area contributed by atoms with E-state index < -0.39 is 6.10 Å². The lowest BCUT2D eigenvalue weighted by Crippen LogP contribution is -2.54. The van der Waals surface area contributed by atoms with Crippen LogP contribution in [0.15, 0.2) is 18.2 Å². The van der Waals surface area contributed by atoms with Gasteiger partial charge in [-0.3, -0.25) is 10.2 Å². The highest BCUT2D eigenvalue weighted by molar-refractivity contribution is 6.30. The summed E-state index contributed by atoms with van der Waals surface area (Å²) in [6.45, 7) is 7.22. The summed E-state index contributed by atoms with van der Waals surface area (Å²) in [5, 5.41) is 2.60. The summed E-state index contributed by atoms with van der Waals surface area (Å²) in [4.78, 5) is 14.4. The molecule has 2 rings (SSSR count). The Morgan fingerprint density at radius 2 is 2.00 bits per heavy atom. The molecule has 116 valence electrons. The number of likely N-dealkylation sites (N-methyl/N-ethyl adjacent to an activating group) is 1. The molecule has 0 saturated carbocycles. The third-order valence-electron chi connectivity index (χ3n) is 3.58. The van der Waals surface area contributed by atoms with E-state index in [0.717, 1.165) is 31.7 Å². The first kappa shape index (κ1) is 16.1. The first-order valence-corrected chi connectivity index (χ1v) is 7.50. The first-order valence-electron chi connectivity index (χ1n) is 7.12. The van der Waals surface area contributed by atoms with Gasteiger partial charge in [-0.05, 0) is 44.7 Å². The number of carbonyl (C=O) groups excluding carboxylic acids is 1. The van der Waals surface area contributed by atoms with Crippen LogP contribution in [-0.2, 0) is 4.79 Å². The van der Waals surface area contributed by atoms with E-state index in [4.69, 9.17) is 16.3 Å². The molecule has 0 aromatic heterocycles. The molecule has 1 aliphatic rings. The Labute approximate surface area is 130 Å². The molecular formula is C15H22ClN3O2. The predicted octanol–water partition coefficient (Wildman–Crippen LogP) is 1.69. The number of aryl methyl sites for hydroxylation is 1. The minimum Gasteiger partial charge on any atom is -0.481 e. The molecule has 1 N–H and O–H groups in total. The molecule has 1 fully saturated rings. The molecule has 1 amide bonds. The van der Waals surface area contributed by atoms with Crippen molar-refractivity contribution in [3.05, 3.63) is 28.8 Å². The third-order valence-corrected chi connectivity index (χ3v) is 3.82. The van der Waals surface area contributed by atoms with Crippen molar-refractivity contribution in [3.8, 4) is 5.75 Å². The second-order valence-electron chi connectivity index (χ2n) is 5.44. The average molecular weight is 312 g/mol. The maximum absolute atomic E-state index is 12.2. The molecule has 1 heterocycles. The number of ether oxygens (including phenoxy) is 1. The summed E-state index contributed by atoms with van der Waals surface area (Å²) in [6.07, 6.45) is -0.551. The van der Waals surface area contributed by atoms with Crippen LogP contribution < -0.4 is 10.2 Å². The third kappa shape index (κ3) is 4.59. The van der Waals surface area contributed by atoms with Gasteiger partial charge in [0.2, 0.25) is 0 Å². The summed E-state index contributed by atoms with van der Waals surface area (Å²) in [5.41, 5.74) is 3.83. The molecule has 0 spiro atoms. The van der Waals surface area contributed by atoms with Crippen LogP contribution in [0.5, 0.6) is 5.75 Å². The maximum atomic E-state index is 12.2. The Bertz CT molecular complexity index is 502. The normalized spacial score (nSPS) is 18.3. The predicted molar refractivity (Wildman–Crippen MR) is 83.5 cm³/mol. The molecule has 1 aliphatic heterocycles. The van der Waals surface area contributed by atoms with Crippen molar-refractivity contribution in [1.82, 2.24) is 15.3 Å². The van der Waals surface area contributed by atoms with E-state index in [1.165, 1.54) is 0 Å². The molecule has 1 aromatic carbocycles. The number of hydrazine groups is 1. The Hall–Kier alpha value is -1.30. The highest BCUT2D eigenvalue weighted by Crippen LogP contribution is 2.22. The van der Waals surface area contributed by atoms with Gasteiger partial charge in [-0.15, -0.1) is 0 Å². The quantitative estimate of drug-likeness (QED) is 0.919. The Balaban J connectivity index is 1.87. The number of nitrogens with zero attached hydrogens (tertiary/aromatic N) is 2. The van der Waals surface area contributed by atoms with Crippen molar-refractivity contribution in [2.45, 2.75) is 20.0 Å². The lowest BCUT2D eigenvalue weighted by atomic mass is 10.2. The van der Waals surface area contributed by atoms with Crippen LogP contribution in [0, 0.1) is 6.92 Å². The molecular weight excluding hydrogens is 290 g/mol. The van der Waals surface area contributed by atoms with Gasteiger partial charge in [0, 0.05) is 31.2 Å². The average Bonchev–Trinajstić information content (AvgIpc) is 2.44. The van der Waals surface area contributed by atoms with Crippen molar-refractivity contribution in [2.75, 3.05) is 33.2 Å². The van der Waals surface area contributed by atoms with E-state index >= 15 is 0 Å². The van der Waals surface area contributed by atoms with Crippen molar-refractivity contribution in [1.29, 1.82) is 0 Å². The maximum Gasteiger partial charge on any atom is 0.275 e. The van der Waals surface area contributed by atoms with E-state index in [1.807, 2.05) is 18.0 Å². The number of hydrogen-bond acceptors (Lipinski definition) is 4. The fourth-order valence-electron chi connectivity index (χ4n) is 2.15. The largest absolute Gasteiger partial charge is 0.481 e. The van der Waals surface area contributed by atoms with Gasteiger partial charge in [0.05, 0.1) is 0 Å². The molecule has 5 nitrogen and oxygen atoms in total. The molecule has 1 atom stereocenters. The van der Waals surface area contributed by atoms with Crippen LogP contribution in [0.1, 0.15) is 12.5 Å². The molecule has 0 aliphatic carbocycles. The van der Waals surface area contributed by atoms with Gasteiger partial charge in [-0.1, -0.05) is 11.6 Å². The van der Waals surface area contributed by atoms with Gasteiger partial charge in [0.25, 0.3) is 5.91 Å². The zero-order valence-corrected chi connectivity index (χ0v) is 13.5. The Kier molecular flexibility index (Phi) is 5.45. The van der Waals surface area contributed by atoms with E-state index in [2.05, 4.69) is 17.4 Å². The van der Waals surface area contributed by atoms with Crippen LogP contribution in [0.3, 0.4) is 0 Å². The molecule has 21 heavy (non-hydrogen) atoms. The summed E-state index contributed by atoms with van der Waals surface area (Å²) < 4.78 is 5.72. The topological polar surface area (TPSA) is 44.8 Å². The van der Waals surface area contributed by atoms with Crippen LogP contribution >= 0.6 is 11.6 Å². The highest BCUT2D eigenvalue weighted by atomic mass is 35.5. The molecule has 0 radical (unpaired) electrons. The first-order chi connectivity index (χ1) is 9.95. The zero-order chi connectivity index (χ0) is 15.4. The Morgan fingerprint density at radius 1 is 1.33 bits per heavy atom. The second kappa shape index (κ2) is 7.11. The molecule has 1 saturated heterocycles. The van der Waals surface area contributed by atoms with Crippen LogP contribution in [0.4, 0.5) is 0 Å². The summed E-state index contributed by atoms with van der Waals surface area (Å²) in [5.74, 6) is 0.550. The Morgan fingerprint density at radius 3 is 2.62 bits per heavy atom. The summed E-state index contributed by atoms with van der Waals surface area (Å²) in [6, 6.07) is 5.37. The van der Waals surface area contributed by atoms with Gasteiger partial charge >= 0.3 is 0 Å². The van der Waals surface area contributed by atoms with Crippen molar-refractivity contribution < 1.29 is 9.53 Å². The van der Waals surface area contributed by atoms with Crippen LogP contribution in [0.2, 0.25) is 5.02 Å². The standard InChI is InChI=1S/C15H22ClN3O2/c1-11-10-13(16)4-5-14(11)21-12(2)15(20)17-19-8-6-18(3)7-9-19/h4-5,10,12H,6-9H2,1-3H3,(H,17,20)/t12-/m1/s1. The highest BCUT2D eigenvalue weighted by Gasteiger charge is 2.20. The van der Waals surface area contributed by atoms with Crippen molar-refractivity contribution in [2.24, 2.45) is 0 Å². The minimum atomic E-state index is -0.551. The van der Waals surface area contributed by atoms with Crippen molar-refractivity contribution >= 4 is 17.5 Å². The van der Waals surface area contributed by atoms with Gasteiger partial charge in [-0.2, -0.15) is 0 Å². The van der Waals surface area contributed by atoms with Crippen LogP contribution in [0.25, 0.3) is 0 Å². The van der Waals surface area contributed by atoms with E-state index in [0.29, 0.717) is 10.8 Å². The molecule has 0 unspecified atom stereocenters. The fraction of sp³-hybridized carbons (Fsp3) is 0.533. The van der Waals surface area contributed by atoms with E-state index in [1.54, 1.807) is 19.1 Å².